The molecule has 28 heavy (non-hydrogen) atoms. The Kier molecular flexibility index (Phi) is 10.2. The van der Waals surface area contributed by atoms with Crippen LogP contribution in [0.4, 0.5) is 0 Å². The van der Waals surface area contributed by atoms with Gasteiger partial charge in [-0.05, 0) is 57.5 Å². The van der Waals surface area contributed by atoms with Gasteiger partial charge in [0.25, 0.3) is 0 Å². The molecule has 0 bridgehead atoms. The minimum absolute atomic E-state index is 0. The highest BCUT2D eigenvalue weighted by molar-refractivity contribution is 7.89. The second kappa shape index (κ2) is 11.6. The molecule has 1 fully saturated rings. The molecule has 0 unspecified atom stereocenters. The summed E-state index contributed by atoms with van der Waals surface area (Å²) in [6.07, 6.45) is 1.08. The van der Waals surface area contributed by atoms with Gasteiger partial charge in [0.05, 0.1) is 11.5 Å². The van der Waals surface area contributed by atoms with Crippen LogP contribution in [-0.4, -0.2) is 57.5 Å². The highest BCUT2D eigenvalue weighted by atomic mass is 35.5. The lowest BCUT2D eigenvalue weighted by molar-refractivity contribution is -0.126. The number of amides is 1. The van der Waals surface area contributed by atoms with Crippen molar-refractivity contribution in [3.05, 3.63) is 24.3 Å². The third-order valence-electron chi connectivity index (χ3n) is 4.73. The summed E-state index contributed by atoms with van der Waals surface area (Å²) in [4.78, 5) is 12.6. The quantitative estimate of drug-likeness (QED) is 0.622. The molecule has 0 saturated carbocycles. The Bertz CT molecular complexity index is 704. The summed E-state index contributed by atoms with van der Waals surface area (Å²) in [5.41, 5.74) is 0. The molecule has 2 rings (SSSR count). The first-order valence-corrected chi connectivity index (χ1v) is 11.1. The Morgan fingerprint density at radius 1 is 1.21 bits per heavy atom. The van der Waals surface area contributed by atoms with Crippen molar-refractivity contribution >= 4 is 28.3 Å². The minimum atomic E-state index is -3.54. The summed E-state index contributed by atoms with van der Waals surface area (Å²) in [5.74, 6) is 0.530. The Hall–Kier alpha value is -1.35. The zero-order chi connectivity index (χ0) is 19.9. The topological polar surface area (TPSA) is 87.7 Å². The number of halogens is 1. The van der Waals surface area contributed by atoms with E-state index in [1.165, 1.54) is 4.31 Å². The Labute approximate surface area is 174 Å². The number of piperidine rings is 1. The smallest absolute Gasteiger partial charge is 0.243 e. The fourth-order valence-corrected chi connectivity index (χ4v) is 4.67. The number of carbonyl (C=O) groups is 1. The van der Waals surface area contributed by atoms with Crippen LogP contribution in [0.1, 0.15) is 33.6 Å². The van der Waals surface area contributed by atoms with Gasteiger partial charge < -0.3 is 15.4 Å². The van der Waals surface area contributed by atoms with Crippen molar-refractivity contribution in [1.29, 1.82) is 0 Å². The van der Waals surface area contributed by atoms with E-state index in [9.17, 15) is 13.2 Å². The van der Waals surface area contributed by atoms with Gasteiger partial charge in [0.1, 0.15) is 5.75 Å². The van der Waals surface area contributed by atoms with Gasteiger partial charge in [0.15, 0.2) is 0 Å². The predicted octanol–water partition coefficient (Wildman–Crippen LogP) is 2.02. The lowest BCUT2D eigenvalue weighted by Crippen LogP contribution is -2.45. The number of hydrogen-bond acceptors (Lipinski definition) is 5. The number of nitrogens with one attached hydrogen (secondary N) is 2. The van der Waals surface area contributed by atoms with Crippen molar-refractivity contribution < 1.29 is 17.9 Å². The van der Waals surface area contributed by atoms with Crippen molar-refractivity contribution in [2.75, 3.05) is 32.8 Å². The number of hydrogen-bond donors (Lipinski definition) is 2. The second-order valence-electron chi connectivity index (χ2n) is 6.79. The van der Waals surface area contributed by atoms with Crippen LogP contribution >= 0.6 is 12.4 Å². The van der Waals surface area contributed by atoms with E-state index in [1.54, 1.807) is 24.3 Å². The molecule has 0 aromatic heterocycles. The monoisotopic (exact) mass is 433 g/mol. The molecule has 1 amide bonds. The van der Waals surface area contributed by atoms with Crippen LogP contribution in [0.15, 0.2) is 29.2 Å². The third kappa shape index (κ3) is 6.62. The zero-order valence-corrected chi connectivity index (χ0v) is 18.4. The summed E-state index contributed by atoms with van der Waals surface area (Å²) >= 11 is 0. The fraction of sp³-hybridized carbons (Fsp3) is 0.632. The van der Waals surface area contributed by atoms with Gasteiger partial charge >= 0.3 is 0 Å². The molecule has 0 aliphatic carbocycles. The van der Waals surface area contributed by atoms with Crippen molar-refractivity contribution in [2.45, 2.75) is 44.6 Å². The molecule has 1 aromatic rings. The summed E-state index contributed by atoms with van der Waals surface area (Å²) < 4.78 is 32.4. The minimum Gasteiger partial charge on any atom is -0.494 e. The van der Waals surface area contributed by atoms with E-state index in [1.807, 2.05) is 20.8 Å². The standard InChI is InChI=1S/C19H31N3O4S.ClH/c1-4-20-15(3)14-21-19(23)16-10-12-22(13-11-16)27(24,25)18-8-6-17(7-9-18)26-5-2;/h6-9,15-16,20H,4-5,10-14H2,1-3H3,(H,21,23);1H/t15-;/m1./s1. The van der Waals surface area contributed by atoms with E-state index in [-0.39, 0.29) is 35.2 Å². The van der Waals surface area contributed by atoms with E-state index < -0.39 is 10.0 Å². The number of sulfonamides is 1. The number of nitrogens with zero attached hydrogens (tertiary/aromatic N) is 1. The number of benzene rings is 1. The lowest BCUT2D eigenvalue weighted by Gasteiger charge is -2.30. The first-order chi connectivity index (χ1) is 12.9. The van der Waals surface area contributed by atoms with Crippen LogP contribution in [0.5, 0.6) is 5.75 Å². The van der Waals surface area contributed by atoms with E-state index >= 15 is 0 Å². The van der Waals surface area contributed by atoms with Gasteiger partial charge in [0.2, 0.25) is 15.9 Å². The largest absolute Gasteiger partial charge is 0.494 e. The van der Waals surface area contributed by atoms with Gasteiger partial charge in [-0.1, -0.05) is 6.92 Å². The van der Waals surface area contributed by atoms with Crippen LogP contribution < -0.4 is 15.4 Å². The average Bonchev–Trinajstić information content (AvgIpc) is 2.67. The molecule has 1 heterocycles. The molecule has 0 radical (unpaired) electrons. The zero-order valence-electron chi connectivity index (χ0n) is 16.8. The van der Waals surface area contributed by atoms with Crippen molar-refractivity contribution in [1.82, 2.24) is 14.9 Å². The first kappa shape index (κ1) is 24.7. The summed E-state index contributed by atoms with van der Waals surface area (Å²) in [5, 5.41) is 6.21. The molecular weight excluding hydrogens is 402 g/mol. The van der Waals surface area contributed by atoms with E-state index in [0.29, 0.717) is 44.8 Å². The lowest BCUT2D eigenvalue weighted by atomic mass is 9.97. The number of rotatable bonds is 9. The molecular formula is C19H32ClN3O4S. The highest BCUT2D eigenvalue weighted by Crippen LogP contribution is 2.25. The third-order valence-corrected chi connectivity index (χ3v) is 6.65. The maximum atomic E-state index is 12.8. The summed E-state index contributed by atoms with van der Waals surface area (Å²) in [7, 11) is -3.54. The average molecular weight is 434 g/mol. The van der Waals surface area contributed by atoms with Crippen LogP contribution in [0.3, 0.4) is 0 Å². The molecule has 0 spiro atoms. The molecule has 1 aliphatic rings. The molecule has 1 atom stereocenters. The maximum absolute atomic E-state index is 12.8. The van der Waals surface area contributed by atoms with Gasteiger partial charge in [0, 0.05) is 31.6 Å². The van der Waals surface area contributed by atoms with Gasteiger partial charge in [-0.3, -0.25) is 4.79 Å². The fourth-order valence-electron chi connectivity index (χ4n) is 3.20. The van der Waals surface area contributed by atoms with E-state index in [0.717, 1.165) is 6.54 Å². The molecule has 2 N–H and O–H groups in total. The maximum Gasteiger partial charge on any atom is 0.243 e. The van der Waals surface area contributed by atoms with E-state index in [2.05, 4.69) is 10.6 Å². The molecule has 1 aliphatic heterocycles. The van der Waals surface area contributed by atoms with Crippen molar-refractivity contribution in [3.8, 4) is 5.75 Å². The SMILES string of the molecule is CCN[C@H](C)CNC(=O)C1CCN(S(=O)(=O)c2ccc(OCC)cc2)CC1.Cl. The first-order valence-electron chi connectivity index (χ1n) is 9.62. The van der Waals surface area contributed by atoms with Crippen LogP contribution in [-0.2, 0) is 14.8 Å². The number of ether oxygens (including phenoxy) is 1. The van der Waals surface area contributed by atoms with Crippen LogP contribution in [0.25, 0.3) is 0 Å². The van der Waals surface area contributed by atoms with Crippen LogP contribution in [0.2, 0.25) is 0 Å². The molecule has 7 nitrogen and oxygen atoms in total. The number of carbonyl (C=O) groups excluding carboxylic acids is 1. The van der Waals surface area contributed by atoms with Gasteiger partial charge in [-0.15, -0.1) is 12.4 Å². The summed E-state index contributed by atoms with van der Waals surface area (Å²) in [6, 6.07) is 6.70. The second-order valence-corrected chi connectivity index (χ2v) is 8.72. The molecule has 160 valence electrons. The Morgan fingerprint density at radius 3 is 2.36 bits per heavy atom. The molecule has 1 aromatic carbocycles. The molecule has 9 heteroatoms. The molecule has 1 saturated heterocycles. The Balaban J connectivity index is 0.00000392. The van der Waals surface area contributed by atoms with Crippen LogP contribution in [0, 0.1) is 5.92 Å². The van der Waals surface area contributed by atoms with Crippen molar-refractivity contribution in [3.63, 3.8) is 0 Å². The predicted molar refractivity (Wildman–Crippen MR) is 112 cm³/mol. The normalized spacial score (nSPS) is 16.8. The Morgan fingerprint density at radius 2 is 1.82 bits per heavy atom. The summed E-state index contributed by atoms with van der Waals surface area (Å²) in [6.45, 7) is 8.62. The van der Waals surface area contributed by atoms with Gasteiger partial charge in [-0.2, -0.15) is 4.31 Å². The van der Waals surface area contributed by atoms with Gasteiger partial charge in [-0.25, -0.2) is 8.42 Å². The highest BCUT2D eigenvalue weighted by Gasteiger charge is 2.32. The number of likely N-dealkylation sites (N-methyl/N-ethyl adjacent to an activating group) is 1. The van der Waals surface area contributed by atoms with E-state index in [4.69, 9.17) is 4.74 Å². The van der Waals surface area contributed by atoms with Crippen molar-refractivity contribution in [2.24, 2.45) is 5.92 Å².